The molecule has 0 saturated carbocycles. The van der Waals surface area contributed by atoms with E-state index in [4.69, 9.17) is 21.1 Å². The van der Waals surface area contributed by atoms with Gasteiger partial charge in [-0.05, 0) is 88.9 Å². The summed E-state index contributed by atoms with van der Waals surface area (Å²) in [7, 11) is -1.97. The monoisotopic (exact) mass is 627 g/mol. The summed E-state index contributed by atoms with van der Waals surface area (Å²) in [6.07, 6.45) is 3.84. The standard InChI is InChI=1S/C31H38ClN5O5S/c1-19(2)43(39,40)27-11-9-8-10-24(27)34-28-23(32)18-33-29(36-28)35-25-16-20(3)22(17-26(25)41-7)21-12-14-37(15-13-21)30(38)42-31(4,5)6/h8-12,16-19H,13-15H2,1-7H3,(H2,33,34,35,36). The highest BCUT2D eigenvalue weighted by atomic mass is 35.5. The van der Waals surface area contributed by atoms with E-state index in [9.17, 15) is 13.2 Å². The summed E-state index contributed by atoms with van der Waals surface area (Å²) in [5.41, 5.74) is 3.61. The predicted octanol–water partition coefficient (Wildman–Crippen LogP) is 7.14. The van der Waals surface area contributed by atoms with Crippen molar-refractivity contribution in [3.63, 3.8) is 0 Å². The lowest BCUT2D eigenvalue weighted by Crippen LogP contribution is -2.39. The molecule has 2 N–H and O–H groups in total. The van der Waals surface area contributed by atoms with Crippen molar-refractivity contribution in [2.45, 2.75) is 63.7 Å². The Labute approximate surface area is 258 Å². The maximum absolute atomic E-state index is 12.9. The van der Waals surface area contributed by atoms with E-state index in [1.165, 1.54) is 6.20 Å². The number of methoxy groups -OCH3 is 1. The molecule has 10 nitrogen and oxygen atoms in total. The third kappa shape index (κ3) is 7.58. The number of anilines is 4. The highest BCUT2D eigenvalue weighted by molar-refractivity contribution is 7.92. The number of nitrogens with zero attached hydrogens (tertiary/aromatic N) is 3. The van der Waals surface area contributed by atoms with Gasteiger partial charge in [0.05, 0.1) is 34.8 Å². The molecule has 3 aromatic rings. The number of rotatable bonds is 8. The van der Waals surface area contributed by atoms with E-state index < -0.39 is 20.7 Å². The third-order valence-corrected chi connectivity index (χ3v) is 9.30. The van der Waals surface area contributed by atoms with Crippen LogP contribution in [0.2, 0.25) is 5.02 Å². The Morgan fingerprint density at radius 1 is 1.12 bits per heavy atom. The van der Waals surface area contributed by atoms with Crippen molar-refractivity contribution in [1.82, 2.24) is 14.9 Å². The molecular weight excluding hydrogens is 590 g/mol. The van der Waals surface area contributed by atoms with Gasteiger partial charge >= 0.3 is 6.09 Å². The number of ether oxygens (including phenoxy) is 2. The van der Waals surface area contributed by atoms with Crippen molar-refractivity contribution in [3.05, 3.63) is 64.8 Å². The van der Waals surface area contributed by atoms with Gasteiger partial charge < -0.3 is 25.0 Å². The second-order valence-corrected chi connectivity index (χ2v) is 14.4. The summed E-state index contributed by atoms with van der Waals surface area (Å²) in [5.74, 6) is 1.07. The zero-order chi connectivity index (χ0) is 31.5. The first-order valence-electron chi connectivity index (χ1n) is 13.9. The number of aryl methyl sites for hydroxylation is 1. The molecule has 1 aliphatic rings. The van der Waals surface area contributed by atoms with Crippen LogP contribution in [-0.2, 0) is 14.6 Å². The first kappa shape index (κ1) is 32.1. The second-order valence-electron chi connectivity index (χ2n) is 11.5. The number of hydrogen-bond acceptors (Lipinski definition) is 9. The van der Waals surface area contributed by atoms with E-state index in [2.05, 4.69) is 20.6 Å². The Morgan fingerprint density at radius 2 is 1.84 bits per heavy atom. The van der Waals surface area contributed by atoms with Gasteiger partial charge in [0.15, 0.2) is 15.7 Å². The van der Waals surface area contributed by atoms with Crippen LogP contribution in [0, 0.1) is 6.92 Å². The Balaban J connectivity index is 1.57. The highest BCUT2D eigenvalue weighted by Crippen LogP contribution is 2.36. The molecule has 43 heavy (non-hydrogen) atoms. The summed E-state index contributed by atoms with van der Waals surface area (Å²) in [6, 6.07) is 10.5. The molecule has 2 heterocycles. The first-order valence-corrected chi connectivity index (χ1v) is 15.9. The van der Waals surface area contributed by atoms with Crippen LogP contribution < -0.4 is 15.4 Å². The molecule has 0 unspecified atom stereocenters. The summed E-state index contributed by atoms with van der Waals surface area (Å²) >= 11 is 6.40. The number of aromatic nitrogens is 2. The number of nitrogens with one attached hydrogen (secondary N) is 2. The molecule has 0 saturated heterocycles. The number of carbonyl (C=O) groups excluding carboxylic acids is 1. The predicted molar refractivity (Wildman–Crippen MR) is 171 cm³/mol. The van der Waals surface area contributed by atoms with Crippen LogP contribution in [0.25, 0.3) is 5.57 Å². The van der Waals surface area contributed by atoms with E-state index in [0.29, 0.717) is 36.6 Å². The Kier molecular flexibility index (Phi) is 9.56. The molecule has 0 bridgehead atoms. The fraction of sp³-hybridized carbons (Fsp3) is 0.387. The van der Waals surface area contributed by atoms with Crippen molar-refractivity contribution >= 4 is 56.2 Å². The van der Waals surface area contributed by atoms with Crippen molar-refractivity contribution < 1.29 is 22.7 Å². The summed E-state index contributed by atoms with van der Waals surface area (Å²) < 4.78 is 37.0. The zero-order valence-electron chi connectivity index (χ0n) is 25.5. The fourth-order valence-electron chi connectivity index (χ4n) is 4.54. The molecule has 1 aliphatic heterocycles. The van der Waals surface area contributed by atoms with E-state index in [1.54, 1.807) is 50.1 Å². The molecule has 2 aromatic carbocycles. The van der Waals surface area contributed by atoms with E-state index >= 15 is 0 Å². The minimum absolute atomic E-state index is 0.160. The SMILES string of the molecule is COc1cc(C2=CCN(C(=O)OC(C)(C)C)CC2)c(C)cc1Nc1ncc(Cl)c(Nc2ccccc2S(=O)(=O)C(C)C)n1. The van der Waals surface area contributed by atoms with Crippen LogP contribution in [0.4, 0.5) is 27.9 Å². The molecule has 1 amide bonds. The van der Waals surface area contributed by atoms with Gasteiger partial charge in [-0.15, -0.1) is 0 Å². The van der Waals surface area contributed by atoms with E-state index in [1.807, 2.05) is 45.9 Å². The van der Waals surface area contributed by atoms with E-state index in [-0.39, 0.29) is 27.8 Å². The Bertz CT molecular complexity index is 1650. The molecule has 0 atom stereocenters. The number of amides is 1. The Hall–Kier alpha value is -3.83. The number of para-hydroxylation sites is 1. The van der Waals surface area contributed by atoms with E-state index in [0.717, 1.165) is 16.7 Å². The smallest absolute Gasteiger partial charge is 0.410 e. The van der Waals surface area contributed by atoms with Crippen molar-refractivity contribution in [2.75, 3.05) is 30.8 Å². The first-order chi connectivity index (χ1) is 20.2. The lowest BCUT2D eigenvalue weighted by atomic mass is 9.94. The van der Waals surface area contributed by atoms with Gasteiger partial charge in [-0.3, -0.25) is 0 Å². The molecule has 0 radical (unpaired) electrons. The number of halogens is 1. The summed E-state index contributed by atoms with van der Waals surface area (Å²) in [5, 5.41) is 5.90. The van der Waals surface area contributed by atoms with Crippen molar-refractivity contribution in [1.29, 1.82) is 0 Å². The van der Waals surface area contributed by atoms with Crippen LogP contribution in [0.15, 0.2) is 53.6 Å². The maximum atomic E-state index is 12.9. The number of benzene rings is 2. The summed E-state index contributed by atoms with van der Waals surface area (Å²) in [6.45, 7) is 11.9. The van der Waals surface area contributed by atoms with Gasteiger partial charge in [-0.25, -0.2) is 18.2 Å². The molecular formula is C31H38ClN5O5S. The Morgan fingerprint density at radius 3 is 2.47 bits per heavy atom. The lowest BCUT2D eigenvalue weighted by Gasteiger charge is -2.30. The normalized spacial score (nSPS) is 13.9. The topological polar surface area (TPSA) is 123 Å². The van der Waals surface area contributed by atoms with Gasteiger partial charge in [0.1, 0.15) is 16.4 Å². The van der Waals surface area contributed by atoms with Gasteiger partial charge in [0, 0.05) is 13.1 Å². The second kappa shape index (κ2) is 12.8. The number of carbonyl (C=O) groups is 1. The molecule has 0 aliphatic carbocycles. The van der Waals surface area contributed by atoms with Gasteiger partial charge in [0.2, 0.25) is 5.95 Å². The van der Waals surface area contributed by atoms with Gasteiger partial charge in [-0.2, -0.15) is 4.98 Å². The van der Waals surface area contributed by atoms with Crippen LogP contribution in [0.1, 0.15) is 52.2 Å². The molecule has 230 valence electrons. The van der Waals surface area contributed by atoms with Crippen LogP contribution in [-0.4, -0.2) is 60.4 Å². The van der Waals surface area contributed by atoms with Crippen molar-refractivity contribution in [2.24, 2.45) is 0 Å². The third-order valence-electron chi connectivity index (χ3n) is 6.81. The van der Waals surface area contributed by atoms with Gasteiger partial charge in [-0.1, -0.05) is 29.8 Å². The molecule has 1 aromatic heterocycles. The average molecular weight is 628 g/mol. The number of hydrogen-bond donors (Lipinski definition) is 2. The van der Waals surface area contributed by atoms with Crippen LogP contribution in [0.5, 0.6) is 5.75 Å². The average Bonchev–Trinajstić information content (AvgIpc) is 2.94. The highest BCUT2D eigenvalue weighted by Gasteiger charge is 2.25. The quantitative estimate of drug-likeness (QED) is 0.268. The zero-order valence-corrected chi connectivity index (χ0v) is 27.1. The van der Waals surface area contributed by atoms with Crippen LogP contribution in [0.3, 0.4) is 0 Å². The summed E-state index contributed by atoms with van der Waals surface area (Å²) in [4.78, 5) is 23.2. The number of sulfone groups is 1. The lowest BCUT2D eigenvalue weighted by molar-refractivity contribution is 0.0270. The van der Waals surface area contributed by atoms with Gasteiger partial charge in [0.25, 0.3) is 0 Å². The fourth-order valence-corrected chi connectivity index (χ4v) is 5.88. The molecule has 0 fully saturated rings. The minimum Gasteiger partial charge on any atom is -0.495 e. The molecule has 4 rings (SSSR count). The van der Waals surface area contributed by atoms with Crippen molar-refractivity contribution in [3.8, 4) is 5.75 Å². The molecule has 12 heteroatoms. The molecule has 0 spiro atoms. The van der Waals surface area contributed by atoms with Crippen LogP contribution >= 0.6 is 11.6 Å². The minimum atomic E-state index is -3.55. The maximum Gasteiger partial charge on any atom is 0.410 e. The largest absolute Gasteiger partial charge is 0.495 e.